The first kappa shape index (κ1) is 22.0. The van der Waals surface area contributed by atoms with Gasteiger partial charge in [0.05, 0.1) is 30.5 Å². The van der Waals surface area contributed by atoms with Crippen molar-refractivity contribution in [1.29, 1.82) is 0 Å². The number of fused-ring (bicyclic) bond motifs is 1. The number of carbonyl (C=O) groups is 1. The molecule has 0 atom stereocenters. The number of hydrogen-bond acceptors (Lipinski definition) is 7. The molecule has 0 amide bonds. The van der Waals surface area contributed by atoms with Crippen molar-refractivity contribution in [3.63, 3.8) is 0 Å². The van der Waals surface area contributed by atoms with E-state index in [9.17, 15) is 4.79 Å². The van der Waals surface area contributed by atoms with Crippen LogP contribution in [0.4, 0.5) is 0 Å². The molecule has 32 heavy (non-hydrogen) atoms. The Bertz CT molecular complexity index is 1080. The average Bonchev–Trinajstić information content (AvgIpc) is 2.82. The summed E-state index contributed by atoms with van der Waals surface area (Å²) in [5.41, 5.74) is 2.50. The van der Waals surface area contributed by atoms with E-state index in [1.54, 1.807) is 31.4 Å². The number of carboxylic acids is 1. The molecular weight excluding hydrogens is 408 g/mol. The van der Waals surface area contributed by atoms with Gasteiger partial charge in [0.2, 0.25) is 0 Å². The van der Waals surface area contributed by atoms with Crippen LogP contribution in [0.1, 0.15) is 16.8 Å². The standard InChI is InChI=1S/C24H28N4O4/c1-27-9-11-28(12-10-27)8-3-13-32-22-15-20-19(14-21(22)31-2)23(26-16-25-20)17-4-6-18(7-5-17)24(29)30/h4-7,14-16H,3,8-13H2,1-2H3,(H,29,30). The second-order valence-corrected chi connectivity index (χ2v) is 7.97. The maximum Gasteiger partial charge on any atom is 0.335 e. The monoisotopic (exact) mass is 436 g/mol. The van der Waals surface area contributed by atoms with Gasteiger partial charge in [-0.05, 0) is 31.7 Å². The second-order valence-electron chi connectivity index (χ2n) is 7.97. The smallest absolute Gasteiger partial charge is 0.335 e. The number of rotatable bonds is 8. The third-order valence-electron chi connectivity index (χ3n) is 5.80. The lowest BCUT2D eigenvalue weighted by Gasteiger charge is -2.32. The van der Waals surface area contributed by atoms with Crippen molar-refractivity contribution >= 4 is 16.9 Å². The van der Waals surface area contributed by atoms with Crippen LogP contribution in [0.15, 0.2) is 42.7 Å². The van der Waals surface area contributed by atoms with E-state index in [2.05, 4.69) is 26.8 Å². The number of benzene rings is 2. The lowest BCUT2D eigenvalue weighted by atomic mass is 10.0. The van der Waals surface area contributed by atoms with E-state index < -0.39 is 5.97 Å². The van der Waals surface area contributed by atoms with Crippen molar-refractivity contribution in [2.45, 2.75) is 6.42 Å². The highest BCUT2D eigenvalue weighted by molar-refractivity contribution is 5.95. The maximum atomic E-state index is 11.1. The van der Waals surface area contributed by atoms with Crippen LogP contribution in [0.5, 0.6) is 11.5 Å². The third kappa shape index (κ3) is 4.98. The Kier molecular flexibility index (Phi) is 6.82. The lowest BCUT2D eigenvalue weighted by molar-refractivity contribution is 0.0697. The molecule has 1 fully saturated rings. The molecule has 2 heterocycles. The van der Waals surface area contributed by atoms with Gasteiger partial charge in [-0.1, -0.05) is 12.1 Å². The fourth-order valence-corrected chi connectivity index (χ4v) is 3.88. The van der Waals surface area contributed by atoms with Crippen LogP contribution in [0.2, 0.25) is 0 Å². The van der Waals surface area contributed by atoms with Gasteiger partial charge in [-0.15, -0.1) is 0 Å². The van der Waals surface area contributed by atoms with Crippen molar-refractivity contribution in [2.24, 2.45) is 0 Å². The predicted molar refractivity (Wildman–Crippen MR) is 123 cm³/mol. The highest BCUT2D eigenvalue weighted by Crippen LogP contribution is 2.35. The Morgan fingerprint density at radius 3 is 2.50 bits per heavy atom. The quantitative estimate of drug-likeness (QED) is 0.539. The average molecular weight is 437 g/mol. The predicted octanol–water partition coefficient (Wildman–Crippen LogP) is 3.02. The fraction of sp³-hybridized carbons (Fsp3) is 0.375. The number of likely N-dealkylation sites (N-methyl/N-ethyl adjacent to an activating group) is 1. The number of piperazine rings is 1. The van der Waals surface area contributed by atoms with E-state index in [0.29, 0.717) is 23.8 Å². The highest BCUT2D eigenvalue weighted by Gasteiger charge is 2.15. The summed E-state index contributed by atoms with van der Waals surface area (Å²) in [6.07, 6.45) is 2.45. The Labute approximate surface area is 187 Å². The van der Waals surface area contributed by atoms with Gasteiger partial charge < -0.3 is 24.4 Å². The molecule has 1 aliphatic rings. The van der Waals surface area contributed by atoms with Gasteiger partial charge in [-0.2, -0.15) is 0 Å². The third-order valence-corrected chi connectivity index (χ3v) is 5.80. The Hall–Kier alpha value is -3.23. The van der Waals surface area contributed by atoms with Crippen molar-refractivity contribution in [3.05, 3.63) is 48.3 Å². The molecule has 1 saturated heterocycles. The highest BCUT2D eigenvalue weighted by atomic mass is 16.5. The van der Waals surface area contributed by atoms with E-state index in [1.807, 2.05) is 12.1 Å². The number of hydrogen-bond donors (Lipinski definition) is 1. The van der Waals surface area contributed by atoms with Crippen LogP contribution in [0.25, 0.3) is 22.2 Å². The van der Waals surface area contributed by atoms with Crippen molar-refractivity contribution < 1.29 is 19.4 Å². The number of aromatic nitrogens is 2. The first-order chi connectivity index (χ1) is 15.5. The van der Waals surface area contributed by atoms with Crippen LogP contribution in [0, 0.1) is 0 Å². The van der Waals surface area contributed by atoms with E-state index in [4.69, 9.17) is 14.6 Å². The van der Waals surface area contributed by atoms with Gasteiger partial charge in [0.1, 0.15) is 6.33 Å². The molecule has 2 aromatic carbocycles. The normalized spacial score (nSPS) is 15.1. The topological polar surface area (TPSA) is 88.0 Å². The largest absolute Gasteiger partial charge is 0.493 e. The maximum absolute atomic E-state index is 11.1. The van der Waals surface area contributed by atoms with Crippen LogP contribution < -0.4 is 9.47 Å². The Balaban J connectivity index is 1.49. The zero-order chi connectivity index (χ0) is 22.5. The Morgan fingerprint density at radius 1 is 1.06 bits per heavy atom. The minimum absolute atomic E-state index is 0.233. The lowest BCUT2D eigenvalue weighted by Crippen LogP contribution is -2.44. The summed E-state index contributed by atoms with van der Waals surface area (Å²) in [6.45, 7) is 6.04. The molecule has 0 saturated carbocycles. The van der Waals surface area contributed by atoms with Gasteiger partial charge in [-0.3, -0.25) is 0 Å². The molecule has 8 heteroatoms. The molecule has 168 valence electrons. The molecule has 0 spiro atoms. The summed E-state index contributed by atoms with van der Waals surface area (Å²) in [4.78, 5) is 24.8. The fourth-order valence-electron chi connectivity index (χ4n) is 3.88. The SMILES string of the molecule is COc1cc2c(-c3ccc(C(=O)O)cc3)ncnc2cc1OCCCN1CCN(C)CC1. The van der Waals surface area contributed by atoms with E-state index in [1.165, 1.54) is 6.33 Å². The van der Waals surface area contributed by atoms with Crippen LogP contribution >= 0.6 is 0 Å². The molecule has 3 aromatic rings. The van der Waals surface area contributed by atoms with Gasteiger partial charge in [-0.25, -0.2) is 14.8 Å². The zero-order valence-corrected chi connectivity index (χ0v) is 18.5. The Morgan fingerprint density at radius 2 is 1.81 bits per heavy atom. The summed E-state index contributed by atoms with van der Waals surface area (Å²) >= 11 is 0. The number of aromatic carboxylic acids is 1. The van der Waals surface area contributed by atoms with Crippen LogP contribution in [-0.2, 0) is 0 Å². The summed E-state index contributed by atoms with van der Waals surface area (Å²) in [7, 11) is 3.77. The van der Waals surface area contributed by atoms with Gasteiger partial charge >= 0.3 is 5.97 Å². The van der Waals surface area contributed by atoms with Crippen molar-refractivity contribution in [2.75, 3.05) is 53.5 Å². The minimum Gasteiger partial charge on any atom is -0.493 e. The first-order valence-electron chi connectivity index (χ1n) is 10.8. The molecule has 4 rings (SSSR count). The number of nitrogens with zero attached hydrogens (tertiary/aromatic N) is 4. The minimum atomic E-state index is -0.958. The summed E-state index contributed by atoms with van der Waals surface area (Å²) in [5, 5.41) is 9.95. The summed E-state index contributed by atoms with van der Waals surface area (Å²) in [5.74, 6) is 0.319. The molecule has 0 radical (unpaired) electrons. The summed E-state index contributed by atoms with van der Waals surface area (Å²) < 4.78 is 11.6. The molecule has 1 N–H and O–H groups in total. The molecule has 1 aromatic heterocycles. The van der Waals surface area contributed by atoms with E-state index >= 15 is 0 Å². The van der Waals surface area contributed by atoms with Crippen LogP contribution in [-0.4, -0.2) is 84.3 Å². The van der Waals surface area contributed by atoms with Crippen LogP contribution in [0.3, 0.4) is 0 Å². The molecule has 8 nitrogen and oxygen atoms in total. The first-order valence-corrected chi connectivity index (χ1v) is 10.8. The van der Waals surface area contributed by atoms with Gasteiger partial charge in [0.25, 0.3) is 0 Å². The summed E-state index contributed by atoms with van der Waals surface area (Å²) in [6, 6.07) is 10.4. The number of methoxy groups -OCH3 is 1. The molecule has 0 aliphatic carbocycles. The van der Waals surface area contributed by atoms with E-state index in [0.717, 1.165) is 55.6 Å². The number of ether oxygens (including phenoxy) is 2. The van der Waals surface area contributed by atoms with Crippen molar-refractivity contribution in [3.8, 4) is 22.8 Å². The molecular formula is C24H28N4O4. The zero-order valence-electron chi connectivity index (χ0n) is 18.5. The van der Waals surface area contributed by atoms with Gasteiger partial charge in [0, 0.05) is 49.7 Å². The van der Waals surface area contributed by atoms with Gasteiger partial charge in [0.15, 0.2) is 11.5 Å². The second kappa shape index (κ2) is 9.93. The van der Waals surface area contributed by atoms with Crippen molar-refractivity contribution in [1.82, 2.24) is 19.8 Å². The molecule has 1 aliphatic heterocycles. The van der Waals surface area contributed by atoms with E-state index in [-0.39, 0.29) is 5.56 Å². The molecule has 0 unspecified atom stereocenters. The molecule has 0 bridgehead atoms. The number of carboxylic acid groups (broad SMARTS) is 1.